The van der Waals surface area contributed by atoms with Crippen LogP contribution in [0.25, 0.3) is 5.57 Å². The Morgan fingerprint density at radius 3 is 1.91 bits per heavy atom. The van der Waals surface area contributed by atoms with Crippen molar-refractivity contribution in [3.8, 4) is 17.2 Å². The standard InChI is InChI=1S/C22H21O7.C4H9.U/c1-14(2)15-6-9-17(10-7-15)27-20(24)16-8-11-18(26-13-23)19(12-16)28-21(25)29-22(3,4)5;1-4(2)3;/h6-12H,1H2,2-5H3;1-3H3;/q2*-1;+2. The van der Waals surface area contributed by atoms with Crippen LogP contribution in [0.1, 0.15) is 64.4 Å². The molecule has 0 fully saturated rings. The number of carbonyl (C=O) groups is 2. The Labute approximate surface area is 225 Å². The second kappa shape index (κ2) is 14.6. The third-order valence-electron chi connectivity index (χ3n) is 3.47. The maximum Gasteiger partial charge on any atom is 2.00 e. The summed E-state index contributed by atoms with van der Waals surface area (Å²) in [6.45, 7) is 18.2. The third kappa shape index (κ3) is 12.1. The fourth-order valence-corrected chi connectivity index (χ4v) is 2.18. The third-order valence-corrected chi connectivity index (χ3v) is 3.47. The molecule has 0 atom stereocenters. The van der Waals surface area contributed by atoms with Gasteiger partial charge in [-0.1, -0.05) is 36.4 Å². The summed E-state index contributed by atoms with van der Waals surface area (Å²) < 4.78 is 20.1. The van der Waals surface area contributed by atoms with E-state index >= 15 is 0 Å². The predicted octanol–water partition coefficient (Wildman–Crippen LogP) is 6.32. The molecule has 0 radical (unpaired) electrons. The number of hydrogen-bond acceptors (Lipinski definition) is 7. The maximum absolute atomic E-state index is 12.4. The minimum absolute atomic E-state index is 0. The molecule has 0 aliphatic carbocycles. The maximum atomic E-state index is 12.4. The molecule has 180 valence electrons. The number of rotatable bonds is 6. The Hall–Kier alpha value is -2.56. The van der Waals surface area contributed by atoms with Gasteiger partial charge in [0.1, 0.15) is 11.4 Å². The van der Waals surface area contributed by atoms with Gasteiger partial charge in [0.25, 0.3) is 0 Å². The summed E-state index contributed by atoms with van der Waals surface area (Å²) in [6, 6.07) is 10.7. The average Bonchev–Trinajstić information content (AvgIpc) is 2.68. The van der Waals surface area contributed by atoms with Crippen LogP contribution in [-0.4, -0.2) is 24.2 Å². The predicted molar refractivity (Wildman–Crippen MR) is 126 cm³/mol. The Bertz CT molecular complexity index is 971. The van der Waals surface area contributed by atoms with Crippen molar-refractivity contribution in [2.45, 2.75) is 54.1 Å². The molecular weight excluding hydrogens is 662 g/mol. The Balaban J connectivity index is 0.00000201. The molecule has 0 saturated carbocycles. The van der Waals surface area contributed by atoms with Gasteiger partial charge in [0.15, 0.2) is 6.47 Å². The van der Waals surface area contributed by atoms with Crippen LogP contribution in [0, 0.1) is 37.0 Å². The van der Waals surface area contributed by atoms with E-state index in [9.17, 15) is 14.4 Å². The van der Waals surface area contributed by atoms with Crippen molar-refractivity contribution < 1.29 is 64.4 Å². The van der Waals surface area contributed by atoms with E-state index in [0.717, 1.165) is 11.1 Å². The second-order valence-corrected chi connectivity index (χ2v) is 8.61. The van der Waals surface area contributed by atoms with Crippen molar-refractivity contribution in [3.05, 3.63) is 66.1 Å². The average molecular weight is 693 g/mol. The van der Waals surface area contributed by atoms with Crippen molar-refractivity contribution in [2.75, 3.05) is 0 Å². The summed E-state index contributed by atoms with van der Waals surface area (Å²) >= 11 is 0. The van der Waals surface area contributed by atoms with Crippen LogP contribution in [0.15, 0.2) is 49.0 Å². The van der Waals surface area contributed by atoms with Crippen molar-refractivity contribution in [1.29, 1.82) is 0 Å². The molecule has 7 nitrogen and oxygen atoms in total. The number of ether oxygens (including phenoxy) is 4. The van der Waals surface area contributed by atoms with Crippen LogP contribution in [0.2, 0.25) is 0 Å². The van der Waals surface area contributed by atoms with E-state index in [1.54, 1.807) is 45.0 Å². The number of benzene rings is 2. The zero-order valence-electron chi connectivity index (χ0n) is 20.6. The summed E-state index contributed by atoms with van der Waals surface area (Å²) in [6.07, 6.45) is -1.02. The molecule has 0 N–H and O–H groups in total. The van der Waals surface area contributed by atoms with Gasteiger partial charge in [-0.3, -0.25) is 0 Å². The fraction of sp³-hybridized carbons (Fsp3) is 0.308. The van der Waals surface area contributed by atoms with Crippen molar-refractivity contribution >= 4 is 24.2 Å². The van der Waals surface area contributed by atoms with Crippen LogP contribution in [0.5, 0.6) is 17.2 Å². The van der Waals surface area contributed by atoms with Gasteiger partial charge in [0.05, 0.1) is 11.3 Å². The number of carbonyl (C=O) groups excluding carboxylic acids is 3. The van der Waals surface area contributed by atoms with E-state index in [1.165, 1.54) is 30.6 Å². The molecule has 2 aromatic rings. The van der Waals surface area contributed by atoms with Gasteiger partial charge in [0.2, 0.25) is 0 Å². The smallest absolute Gasteiger partial charge is 0.607 e. The first kappa shape index (κ1) is 31.4. The summed E-state index contributed by atoms with van der Waals surface area (Å²) in [5.74, 6) is 0.766. The fourth-order valence-electron chi connectivity index (χ4n) is 2.18. The largest absolute Gasteiger partial charge is 2.00 e. The van der Waals surface area contributed by atoms with Crippen molar-refractivity contribution in [1.82, 2.24) is 0 Å². The SMILES string of the molecule is C=C(C)c1ccc(OC(=O)c2ccc(O[C-]=O)c(OC(=O)OC(C)(C)C)c2)cc1.C[C-](C)C.[U+2]. The van der Waals surface area contributed by atoms with E-state index in [4.69, 9.17) is 14.2 Å². The second-order valence-electron chi connectivity index (χ2n) is 8.61. The summed E-state index contributed by atoms with van der Waals surface area (Å²) in [4.78, 5) is 34.9. The zero-order chi connectivity index (χ0) is 25.2. The van der Waals surface area contributed by atoms with Gasteiger partial charge in [-0.15, -0.1) is 0 Å². The molecule has 0 spiro atoms. The minimum atomic E-state index is -1.02. The molecule has 0 saturated heterocycles. The van der Waals surface area contributed by atoms with Crippen molar-refractivity contribution in [3.63, 3.8) is 0 Å². The monoisotopic (exact) mass is 692 g/mol. The topological polar surface area (TPSA) is 88.1 Å². The molecule has 2 rings (SSSR count). The van der Waals surface area contributed by atoms with Gasteiger partial charge in [-0.05, 0) is 51.5 Å². The Morgan fingerprint density at radius 2 is 1.44 bits per heavy atom. The number of esters is 1. The molecule has 0 amide bonds. The molecule has 0 aliphatic rings. The van der Waals surface area contributed by atoms with E-state index in [2.05, 4.69) is 32.1 Å². The Kier molecular flexibility index (Phi) is 13.5. The quantitative estimate of drug-likeness (QED) is 0.152. The van der Waals surface area contributed by atoms with Crippen LogP contribution < -0.4 is 14.2 Å². The first-order valence-electron chi connectivity index (χ1n) is 10.2. The van der Waals surface area contributed by atoms with Gasteiger partial charge in [-0.25, -0.2) is 9.59 Å². The van der Waals surface area contributed by atoms with Crippen LogP contribution >= 0.6 is 0 Å². The molecule has 2 aromatic carbocycles. The first-order chi connectivity index (χ1) is 15.3. The molecule has 0 bridgehead atoms. The number of allylic oxidation sites excluding steroid dienone is 1. The van der Waals surface area contributed by atoms with E-state index in [0.29, 0.717) is 5.75 Å². The van der Waals surface area contributed by atoms with Gasteiger partial charge >= 0.3 is 43.2 Å². The van der Waals surface area contributed by atoms with Crippen LogP contribution in [0.4, 0.5) is 4.79 Å². The molecule has 0 aliphatic heterocycles. The summed E-state index contributed by atoms with van der Waals surface area (Å²) in [7, 11) is 0. The summed E-state index contributed by atoms with van der Waals surface area (Å²) in [5, 5.41) is 0. The van der Waals surface area contributed by atoms with Gasteiger partial charge in [0, 0.05) is 5.75 Å². The van der Waals surface area contributed by atoms with E-state index in [1.807, 2.05) is 6.92 Å². The van der Waals surface area contributed by atoms with Crippen LogP contribution in [0.3, 0.4) is 0 Å². The summed E-state index contributed by atoms with van der Waals surface area (Å²) in [5.41, 5.74) is 1.09. The molecule has 8 heteroatoms. The van der Waals surface area contributed by atoms with E-state index < -0.39 is 17.7 Å². The van der Waals surface area contributed by atoms with Crippen LogP contribution in [-0.2, 0) is 9.53 Å². The van der Waals surface area contributed by atoms with Gasteiger partial charge in [-0.2, -0.15) is 20.8 Å². The van der Waals surface area contributed by atoms with Crippen molar-refractivity contribution in [2.24, 2.45) is 0 Å². The minimum Gasteiger partial charge on any atom is -0.607 e. The molecule has 0 unspecified atom stereocenters. The van der Waals surface area contributed by atoms with Gasteiger partial charge < -0.3 is 29.7 Å². The number of hydrogen-bond donors (Lipinski definition) is 0. The normalized spacial score (nSPS) is 10.1. The van der Waals surface area contributed by atoms with E-state index in [-0.39, 0.29) is 48.2 Å². The Morgan fingerprint density at radius 1 is 0.912 bits per heavy atom. The molecular formula is C26H30O7U. The molecule has 0 heterocycles. The molecule has 34 heavy (non-hydrogen) atoms. The molecule has 0 aromatic heterocycles. The zero-order valence-corrected chi connectivity index (χ0v) is 24.8. The first-order valence-corrected chi connectivity index (χ1v) is 10.2.